The summed E-state index contributed by atoms with van der Waals surface area (Å²) in [6, 6.07) is 7.13. The van der Waals surface area contributed by atoms with Gasteiger partial charge in [0.2, 0.25) is 5.91 Å². The van der Waals surface area contributed by atoms with Gasteiger partial charge in [-0.05, 0) is 23.6 Å². The number of non-ortho nitro benzene ring substituents is 1. The number of nitro benzene ring substituents is 1. The fraction of sp³-hybridized carbons (Fsp3) is 0. The number of nitrogens with one attached hydrogen (secondary N) is 1. The fourth-order valence-corrected chi connectivity index (χ4v) is 2.07. The predicted molar refractivity (Wildman–Crippen MR) is 76.7 cm³/mol. The van der Waals surface area contributed by atoms with Crippen LogP contribution in [-0.4, -0.2) is 15.9 Å². The lowest BCUT2D eigenvalue weighted by Gasteiger charge is -2.04. The van der Waals surface area contributed by atoms with E-state index in [9.17, 15) is 20.0 Å². The highest BCUT2D eigenvalue weighted by molar-refractivity contribution is 7.10. The van der Waals surface area contributed by atoms with Gasteiger partial charge in [-0.3, -0.25) is 14.9 Å². The third-order valence-corrected chi connectivity index (χ3v) is 3.23. The average Bonchev–Trinajstić information content (AvgIpc) is 2.92. The van der Waals surface area contributed by atoms with Crippen LogP contribution in [0.3, 0.4) is 0 Å². The van der Waals surface area contributed by atoms with Gasteiger partial charge in [-0.15, -0.1) is 11.3 Å². The van der Waals surface area contributed by atoms with Crippen LogP contribution >= 0.6 is 11.3 Å². The van der Waals surface area contributed by atoms with Crippen LogP contribution in [0.2, 0.25) is 0 Å². The zero-order chi connectivity index (χ0) is 14.5. The summed E-state index contributed by atoms with van der Waals surface area (Å²) in [6.07, 6.45) is 2.92. The van der Waals surface area contributed by atoms with Crippen molar-refractivity contribution in [3.05, 3.63) is 56.8 Å². The van der Waals surface area contributed by atoms with Gasteiger partial charge in [0.15, 0.2) is 0 Å². The molecule has 0 unspecified atom stereocenters. The van der Waals surface area contributed by atoms with E-state index in [4.69, 9.17) is 0 Å². The number of carbonyl (C=O) groups excluding carboxylic acids is 1. The summed E-state index contributed by atoms with van der Waals surface area (Å²) >= 11 is 1.48. The van der Waals surface area contributed by atoms with Crippen molar-refractivity contribution in [2.75, 3.05) is 5.32 Å². The van der Waals surface area contributed by atoms with Crippen LogP contribution in [0.1, 0.15) is 4.88 Å². The SMILES string of the molecule is O=C(/C=C/c1cccs1)Nc1cc([N+](=O)[O-])ccc1O. The van der Waals surface area contributed by atoms with Gasteiger partial charge in [0.05, 0.1) is 10.6 Å². The topological polar surface area (TPSA) is 92.5 Å². The first-order valence-corrected chi connectivity index (χ1v) is 6.44. The second kappa shape index (κ2) is 5.98. The highest BCUT2D eigenvalue weighted by atomic mass is 32.1. The third kappa shape index (κ3) is 3.42. The van der Waals surface area contributed by atoms with E-state index >= 15 is 0 Å². The van der Waals surface area contributed by atoms with Crippen LogP contribution in [0.4, 0.5) is 11.4 Å². The number of rotatable bonds is 4. The molecular formula is C13H10N2O4S. The van der Waals surface area contributed by atoms with E-state index in [1.165, 1.54) is 17.4 Å². The van der Waals surface area contributed by atoms with Crippen LogP contribution in [0, 0.1) is 10.1 Å². The Morgan fingerprint density at radius 2 is 2.20 bits per heavy atom. The first-order valence-electron chi connectivity index (χ1n) is 5.56. The molecule has 0 bridgehead atoms. The molecule has 0 aliphatic heterocycles. The number of benzene rings is 1. The predicted octanol–water partition coefficient (Wildman–Crippen LogP) is 3.01. The monoisotopic (exact) mass is 290 g/mol. The summed E-state index contributed by atoms with van der Waals surface area (Å²) in [6.45, 7) is 0. The van der Waals surface area contributed by atoms with Crippen molar-refractivity contribution >= 4 is 34.7 Å². The van der Waals surface area contributed by atoms with E-state index in [2.05, 4.69) is 5.32 Å². The summed E-state index contributed by atoms with van der Waals surface area (Å²) in [5, 5.41) is 24.5. The number of phenolic OH excluding ortho intramolecular Hbond substituents is 1. The highest BCUT2D eigenvalue weighted by Gasteiger charge is 2.11. The molecule has 2 aromatic rings. The summed E-state index contributed by atoms with van der Waals surface area (Å²) in [4.78, 5) is 22.6. The lowest BCUT2D eigenvalue weighted by atomic mass is 10.2. The highest BCUT2D eigenvalue weighted by Crippen LogP contribution is 2.27. The zero-order valence-electron chi connectivity index (χ0n) is 10.1. The first kappa shape index (κ1) is 13.8. The molecule has 2 rings (SSSR count). The Balaban J connectivity index is 2.11. The van der Waals surface area contributed by atoms with E-state index < -0.39 is 10.8 Å². The molecule has 20 heavy (non-hydrogen) atoms. The second-order valence-electron chi connectivity index (χ2n) is 3.80. The number of nitrogens with zero attached hydrogens (tertiary/aromatic N) is 1. The molecule has 0 saturated carbocycles. The quantitative estimate of drug-likeness (QED) is 0.392. The number of amides is 1. The third-order valence-electron chi connectivity index (χ3n) is 2.39. The molecule has 0 radical (unpaired) electrons. The summed E-state index contributed by atoms with van der Waals surface area (Å²) < 4.78 is 0. The van der Waals surface area contributed by atoms with Crippen LogP contribution in [-0.2, 0) is 4.79 Å². The van der Waals surface area contributed by atoms with Crippen LogP contribution in [0.25, 0.3) is 6.08 Å². The van der Waals surface area contributed by atoms with Gasteiger partial charge in [-0.25, -0.2) is 0 Å². The molecule has 102 valence electrons. The molecule has 7 heteroatoms. The van der Waals surface area contributed by atoms with Crippen molar-refractivity contribution in [2.24, 2.45) is 0 Å². The van der Waals surface area contributed by atoms with Crippen LogP contribution < -0.4 is 5.32 Å². The first-order chi connectivity index (χ1) is 9.56. The Bertz CT molecular complexity index is 665. The number of nitro groups is 1. The maximum Gasteiger partial charge on any atom is 0.271 e. The molecule has 0 fully saturated rings. The number of phenols is 1. The van der Waals surface area contributed by atoms with Crippen LogP contribution in [0.15, 0.2) is 41.8 Å². The molecule has 0 saturated heterocycles. The molecule has 0 spiro atoms. The minimum Gasteiger partial charge on any atom is -0.506 e. The molecule has 6 nitrogen and oxygen atoms in total. The van der Waals surface area contributed by atoms with E-state index in [0.717, 1.165) is 23.1 Å². The van der Waals surface area contributed by atoms with Crippen molar-refractivity contribution in [2.45, 2.75) is 0 Å². The summed E-state index contributed by atoms with van der Waals surface area (Å²) in [5.41, 5.74) is -0.208. The molecular weight excluding hydrogens is 280 g/mol. The number of carbonyl (C=O) groups is 1. The Morgan fingerprint density at radius 1 is 1.40 bits per heavy atom. The van der Waals surface area contributed by atoms with Crippen molar-refractivity contribution in [3.8, 4) is 5.75 Å². The number of anilines is 1. The number of thiophene rings is 1. The van der Waals surface area contributed by atoms with Gasteiger partial charge < -0.3 is 10.4 Å². The van der Waals surface area contributed by atoms with Gasteiger partial charge in [0.25, 0.3) is 5.69 Å². The van der Waals surface area contributed by atoms with Crippen molar-refractivity contribution in [1.82, 2.24) is 0 Å². The molecule has 1 heterocycles. The summed E-state index contributed by atoms with van der Waals surface area (Å²) in [5.74, 6) is -0.706. The fourth-order valence-electron chi connectivity index (χ4n) is 1.46. The minimum atomic E-state index is -0.601. The molecule has 0 atom stereocenters. The Kier molecular flexibility index (Phi) is 4.11. The molecule has 1 aromatic carbocycles. The Labute approximate surface area is 118 Å². The largest absolute Gasteiger partial charge is 0.506 e. The number of hydrogen-bond donors (Lipinski definition) is 2. The second-order valence-corrected chi connectivity index (χ2v) is 4.78. The van der Waals surface area contributed by atoms with Gasteiger partial charge in [-0.2, -0.15) is 0 Å². The molecule has 2 N–H and O–H groups in total. The lowest BCUT2D eigenvalue weighted by Crippen LogP contribution is -2.08. The maximum atomic E-state index is 11.7. The van der Waals surface area contributed by atoms with E-state index in [0.29, 0.717) is 0 Å². The van der Waals surface area contributed by atoms with Crippen molar-refractivity contribution in [3.63, 3.8) is 0 Å². The Hall–Kier alpha value is -2.67. The molecule has 1 aromatic heterocycles. The summed E-state index contributed by atoms with van der Waals surface area (Å²) in [7, 11) is 0. The smallest absolute Gasteiger partial charge is 0.271 e. The van der Waals surface area contributed by atoms with Gasteiger partial charge in [-0.1, -0.05) is 6.07 Å². The average molecular weight is 290 g/mol. The van der Waals surface area contributed by atoms with Gasteiger partial charge in [0, 0.05) is 23.1 Å². The van der Waals surface area contributed by atoms with E-state index in [1.54, 1.807) is 6.08 Å². The molecule has 0 aliphatic carbocycles. The number of hydrogen-bond acceptors (Lipinski definition) is 5. The van der Waals surface area contributed by atoms with Crippen molar-refractivity contribution in [1.29, 1.82) is 0 Å². The standard InChI is InChI=1S/C13H10N2O4S/c16-12-5-3-9(15(18)19)8-11(12)14-13(17)6-4-10-2-1-7-20-10/h1-8,16H,(H,14,17)/b6-4+. The maximum absolute atomic E-state index is 11.7. The van der Waals surface area contributed by atoms with Crippen LogP contribution in [0.5, 0.6) is 5.75 Å². The Morgan fingerprint density at radius 3 is 2.85 bits per heavy atom. The normalized spacial score (nSPS) is 10.6. The molecule has 0 aliphatic rings. The van der Waals surface area contributed by atoms with E-state index in [-0.39, 0.29) is 17.1 Å². The zero-order valence-corrected chi connectivity index (χ0v) is 11.0. The molecule has 1 amide bonds. The minimum absolute atomic E-state index is 0.0000274. The van der Waals surface area contributed by atoms with Crippen molar-refractivity contribution < 1.29 is 14.8 Å². The van der Waals surface area contributed by atoms with Gasteiger partial charge in [0.1, 0.15) is 5.75 Å². The lowest BCUT2D eigenvalue weighted by molar-refractivity contribution is -0.384. The number of aromatic hydroxyl groups is 1. The van der Waals surface area contributed by atoms with Gasteiger partial charge >= 0.3 is 0 Å². The van der Waals surface area contributed by atoms with E-state index in [1.807, 2.05) is 17.5 Å².